The molecule has 0 saturated heterocycles. The Bertz CT molecular complexity index is 258. The minimum atomic E-state index is -0.849. The zero-order chi connectivity index (χ0) is 8.43. The van der Waals surface area contributed by atoms with E-state index in [1.807, 2.05) is 6.07 Å². The molecule has 0 heterocycles. The number of benzene rings is 1. The first kappa shape index (κ1) is 8.14. The van der Waals surface area contributed by atoms with Crippen LogP contribution >= 0.6 is 0 Å². The van der Waals surface area contributed by atoms with Crippen molar-refractivity contribution >= 4 is 14.0 Å². The lowest BCUT2D eigenvalue weighted by Gasteiger charge is -2.04. The normalized spacial score (nSPS) is 10.5. The molecular formula is C8H12O2Si. The lowest BCUT2D eigenvalue weighted by Crippen LogP contribution is -2.21. The molecule has 0 fully saturated rings. The fourth-order valence-electron chi connectivity index (χ4n) is 0.900. The predicted molar refractivity (Wildman–Crippen MR) is 48.3 cm³/mol. The molecule has 0 aliphatic heterocycles. The molecule has 2 nitrogen and oxygen atoms in total. The first-order valence-corrected chi connectivity index (χ1v) is 6.52. The smallest absolute Gasteiger partial charge is 0.157 e. The predicted octanol–water partition coefficient (Wildman–Crippen LogP) is 0.791. The van der Waals surface area contributed by atoms with Gasteiger partial charge in [0.25, 0.3) is 0 Å². The van der Waals surface area contributed by atoms with Gasteiger partial charge in [0.2, 0.25) is 0 Å². The van der Waals surface area contributed by atoms with Crippen LogP contribution in [0.15, 0.2) is 18.2 Å². The van der Waals surface area contributed by atoms with Crippen molar-refractivity contribution in [2.24, 2.45) is 0 Å². The van der Waals surface area contributed by atoms with Gasteiger partial charge in [0.1, 0.15) is 0 Å². The minimum Gasteiger partial charge on any atom is -0.504 e. The van der Waals surface area contributed by atoms with Gasteiger partial charge in [0.05, 0.1) is 8.80 Å². The van der Waals surface area contributed by atoms with Crippen molar-refractivity contribution in [2.75, 3.05) is 0 Å². The molecule has 0 radical (unpaired) electrons. The molecular weight excluding hydrogens is 156 g/mol. The summed E-state index contributed by atoms with van der Waals surface area (Å²) in [6.07, 6.45) is 0. The number of aromatic hydroxyl groups is 2. The topological polar surface area (TPSA) is 40.5 Å². The molecule has 3 heteroatoms. The van der Waals surface area contributed by atoms with Crippen molar-refractivity contribution in [1.29, 1.82) is 0 Å². The van der Waals surface area contributed by atoms with Gasteiger partial charge in [0, 0.05) is 0 Å². The van der Waals surface area contributed by atoms with Gasteiger partial charge < -0.3 is 10.2 Å². The van der Waals surface area contributed by atoms with Gasteiger partial charge in [-0.15, -0.1) is 0 Å². The van der Waals surface area contributed by atoms with Crippen LogP contribution in [-0.2, 0) is 0 Å². The fraction of sp³-hybridized carbons (Fsp3) is 0.250. The van der Waals surface area contributed by atoms with Gasteiger partial charge in [-0.1, -0.05) is 24.3 Å². The summed E-state index contributed by atoms with van der Waals surface area (Å²) in [4.78, 5) is 0. The summed E-state index contributed by atoms with van der Waals surface area (Å²) < 4.78 is 0. The summed E-state index contributed by atoms with van der Waals surface area (Å²) in [6.45, 7) is 4.34. The number of phenols is 2. The highest BCUT2D eigenvalue weighted by atomic mass is 28.3. The third kappa shape index (κ3) is 1.74. The van der Waals surface area contributed by atoms with Gasteiger partial charge in [-0.25, -0.2) is 0 Å². The van der Waals surface area contributed by atoms with E-state index in [1.54, 1.807) is 6.07 Å². The molecule has 1 aromatic rings. The van der Waals surface area contributed by atoms with Gasteiger partial charge >= 0.3 is 0 Å². The Labute approximate surface area is 67.7 Å². The Hall–Kier alpha value is -0.963. The summed E-state index contributed by atoms with van der Waals surface area (Å²) in [7, 11) is -0.849. The molecule has 1 aromatic carbocycles. The van der Waals surface area contributed by atoms with Crippen molar-refractivity contribution in [1.82, 2.24) is 0 Å². The standard InChI is InChI=1S/C8H12O2Si/c1-11(2)6-3-4-7(9)8(10)5-6/h3-5,9-11H,1-2H3. The number of hydrogen-bond acceptors (Lipinski definition) is 2. The maximum Gasteiger partial charge on any atom is 0.157 e. The average Bonchev–Trinajstić information content (AvgIpc) is 1.94. The maximum atomic E-state index is 9.12. The van der Waals surface area contributed by atoms with Crippen molar-refractivity contribution < 1.29 is 10.2 Å². The Balaban J connectivity index is 3.05. The van der Waals surface area contributed by atoms with Crippen LogP contribution in [-0.4, -0.2) is 19.0 Å². The van der Waals surface area contributed by atoms with Crippen molar-refractivity contribution in [3.05, 3.63) is 18.2 Å². The van der Waals surface area contributed by atoms with Crippen LogP contribution in [0, 0.1) is 0 Å². The quantitative estimate of drug-likeness (QED) is 0.481. The van der Waals surface area contributed by atoms with Gasteiger partial charge in [-0.3, -0.25) is 0 Å². The van der Waals surface area contributed by atoms with Crippen molar-refractivity contribution in [2.45, 2.75) is 13.1 Å². The maximum absolute atomic E-state index is 9.12. The second-order valence-electron chi connectivity index (χ2n) is 2.90. The summed E-state index contributed by atoms with van der Waals surface area (Å²) in [5.41, 5.74) is 0. The molecule has 60 valence electrons. The molecule has 0 saturated carbocycles. The Morgan fingerprint density at radius 2 is 1.73 bits per heavy atom. The van der Waals surface area contributed by atoms with E-state index >= 15 is 0 Å². The van der Waals surface area contributed by atoms with E-state index in [4.69, 9.17) is 10.2 Å². The molecule has 11 heavy (non-hydrogen) atoms. The fourth-order valence-corrected chi connectivity index (χ4v) is 1.87. The molecule has 0 aliphatic carbocycles. The van der Waals surface area contributed by atoms with Crippen LogP contribution in [0.3, 0.4) is 0 Å². The second kappa shape index (κ2) is 2.96. The highest BCUT2D eigenvalue weighted by molar-refractivity contribution is 6.70. The van der Waals surface area contributed by atoms with E-state index < -0.39 is 8.80 Å². The molecule has 2 N–H and O–H groups in total. The lowest BCUT2D eigenvalue weighted by atomic mass is 10.3. The summed E-state index contributed by atoms with van der Waals surface area (Å²) in [6, 6.07) is 5.05. The highest BCUT2D eigenvalue weighted by Gasteiger charge is 2.03. The summed E-state index contributed by atoms with van der Waals surface area (Å²) >= 11 is 0. The van der Waals surface area contributed by atoms with E-state index in [1.165, 1.54) is 11.3 Å². The molecule has 0 unspecified atom stereocenters. The average molecular weight is 168 g/mol. The molecule has 1 rings (SSSR count). The van der Waals surface area contributed by atoms with Crippen LogP contribution in [0.4, 0.5) is 0 Å². The first-order valence-electron chi connectivity index (χ1n) is 3.63. The van der Waals surface area contributed by atoms with E-state index in [2.05, 4.69) is 13.1 Å². The largest absolute Gasteiger partial charge is 0.504 e. The highest BCUT2D eigenvalue weighted by Crippen LogP contribution is 2.21. The monoisotopic (exact) mass is 168 g/mol. The molecule has 0 bridgehead atoms. The molecule has 0 atom stereocenters. The molecule has 0 spiro atoms. The van der Waals surface area contributed by atoms with Crippen molar-refractivity contribution in [3.8, 4) is 11.5 Å². The Kier molecular flexibility index (Phi) is 2.19. The van der Waals surface area contributed by atoms with Crippen LogP contribution in [0.1, 0.15) is 0 Å². The van der Waals surface area contributed by atoms with Gasteiger partial charge in [0.15, 0.2) is 11.5 Å². The van der Waals surface area contributed by atoms with Crippen molar-refractivity contribution in [3.63, 3.8) is 0 Å². The van der Waals surface area contributed by atoms with E-state index in [-0.39, 0.29) is 11.5 Å². The molecule has 0 amide bonds. The first-order chi connectivity index (χ1) is 5.11. The zero-order valence-corrected chi connectivity index (χ0v) is 7.86. The van der Waals surface area contributed by atoms with Crippen LogP contribution in [0.5, 0.6) is 11.5 Å². The van der Waals surface area contributed by atoms with Crippen LogP contribution in [0.25, 0.3) is 0 Å². The molecule has 0 aromatic heterocycles. The van der Waals surface area contributed by atoms with E-state index in [0.29, 0.717) is 0 Å². The minimum absolute atomic E-state index is 0.0105. The van der Waals surface area contributed by atoms with E-state index in [9.17, 15) is 0 Å². The van der Waals surface area contributed by atoms with Gasteiger partial charge in [-0.05, 0) is 12.1 Å². The Morgan fingerprint density at radius 3 is 2.18 bits per heavy atom. The SMILES string of the molecule is C[SiH](C)c1ccc(O)c(O)c1. The number of rotatable bonds is 1. The number of hydrogen-bond donors (Lipinski definition) is 2. The van der Waals surface area contributed by atoms with Crippen LogP contribution in [0.2, 0.25) is 13.1 Å². The zero-order valence-electron chi connectivity index (χ0n) is 6.70. The Morgan fingerprint density at radius 1 is 1.09 bits per heavy atom. The second-order valence-corrected chi connectivity index (χ2v) is 5.88. The number of phenolic OH excluding ortho intramolecular Hbond substituents is 2. The van der Waals surface area contributed by atoms with Crippen LogP contribution < -0.4 is 5.19 Å². The molecule has 0 aliphatic rings. The summed E-state index contributed by atoms with van der Waals surface area (Å²) in [5, 5.41) is 19.3. The lowest BCUT2D eigenvalue weighted by molar-refractivity contribution is 0.404. The van der Waals surface area contributed by atoms with Gasteiger partial charge in [-0.2, -0.15) is 0 Å². The third-order valence-electron chi connectivity index (χ3n) is 1.67. The summed E-state index contributed by atoms with van der Waals surface area (Å²) in [5.74, 6) is -0.0490. The van der Waals surface area contributed by atoms with E-state index in [0.717, 1.165) is 0 Å². The third-order valence-corrected chi connectivity index (χ3v) is 3.36.